The van der Waals surface area contributed by atoms with Crippen LogP contribution in [0.15, 0.2) is 36.4 Å². The van der Waals surface area contributed by atoms with Gasteiger partial charge in [0.05, 0.1) is 16.3 Å². The number of halogens is 7. The quantitative estimate of drug-likeness (QED) is 0.756. The van der Waals surface area contributed by atoms with Gasteiger partial charge in [-0.2, -0.15) is 26.3 Å². The van der Waals surface area contributed by atoms with Crippen LogP contribution >= 0.6 is 11.6 Å². The van der Waals surface area contributed by atoms with Crippen LogP contribution in [0.1, 0.15) is 21.7 Å². The predicted molar refractivity (Wildman–Crippen MR) is 73.6 cm³/mol. The molecule has 2 rings (SSSR count). The molecule has 0 saturated carbocycles. The summed E-state index contributed by atoms with van der Waals surface area (Å²) in [5, 5.41) is 2.18. The number of rotatable bonds is 2. The number of para-hydroxylation sites is 1. The zero-order chi connectivity index (χ0) is 18.1. The average Bonchev–Trinajstić information content (AvgIpc) is 2.47. The molecule has 1 heterocycles. The number of anilines is 1. The number of pyridine rings is 1. The largest absolute Gasteiger partial charge is 0.433 e. The minimum Gasteiger partial charge on any atom is -0.319 e. The Bertz CT molecular complexity index is 740. The lowest BCUT2D eigenvalue weighted by molar-refractivity contribution is -0.145. The second-order valence-corrected chi connectivity index (χ2v) is 4.96. The van der Waals surface area contributed by atoms with Gasteiger partial charge >= 0.3 is 12.4 Å². The molecule has 24 heavy (non-hydrogen) atoms. The molecule has 0 fully saturated rings. The molecule has 0 spiro atoms. The Morgan fingerprint density at radius 3 is 2.17 bits per heavy atom. The summed E-state index contributed by atoms with van der Waals surface area (Å²) in [6, 6.07) is 5.80. The summed E-state index contributed by atoms with van der Waals surface area (Å²) in [6.45, 7) is 0. The topological polar surface area (TPSA) is 42.0 Å². The summed E-state index contributed by atoms with van der Waals surface area (Å²) < 4.78 is 76.4. The van der Waals surface area contributed by atoms with Gasteiger partial charge in [-0.3, -0.25) is 4.79 Å². The van der Waals surface area contributed by atoms with Crippen molar-refractivity contribution >= 4 is 23.2 Å². The standard InChI is InChI=1S/C14H7ClF6N2O/c15-8-3-1-2-4-9(8)23-12(24)10-5-7(13(16,17)18)6-11(22-10)14(19,20)21/h1-6H,(H,23,24). The van der Waals surface area contributed by atoms with Crippen LogP contribution in [-0.2, 0) is 12.4 Å². The van der Waals surface area contributed by atoms with E-state index in [-0.39, 0.29) is 22.8 Å². The number of nitrogens with one attached hydrogen (secondary N) is 1. The van der Waals surface area contributed by atoms with Crippen LogP contribution in [0.4, 0.5) is 32.0 Å². The fraction of sp³-hybridized carbons (Fsp3) is 0.143. The molecule has 1 amide bonds. The molecule has 3 nitrogen and oxygen atoms in total. The third kappa shape index (κ3) is 4.16. The lowest BCUT2D eigenvalue weighted by Crippen LogP contribution is -2.20. The van der Waals surface area contributed by atoms with Crippen LogP contribution < -0.4 is 5.32 Å². The molecule has 0 aliphatic rings. The average molecular weight is 369 g/mol. The minimum absolute atomic E-state index is 0.0249. The van der Waals surface area contributed by atoms with Gasteiger partial charge in [-0.25, -0.2) is 4.98 Å². The molecule has 0 unspecified atom stereocenters. The Hall–Kier alpha value is -2.29. The van der Waals surface area contributed by atoms with Crippen molar-refractivity contribution in [3.05, 3.63) is 58.4 Å². The first kappa shape index (κ1) is 18.1. The summed E-state index contributed by atoms with van der Waals surface area (Å²) in [4.78, 5) is 14.9. The molecule has 0 aliphatic carbocycles. The number of amides is 1. The second kappa shape index (κ2) is 6.31. The Morgan fingerprint density at radius 2 is 1.62 bits per heavy atom. The number of alkyl halides is 6. The van der Waals surface area contributed by atoms with Crippen molar-refractivity contribution in [1.29, 1.82) is 0 Å². The van der Waals surface area contributed by atoms with E-state index in [0.717, 1.165) is 0 Å². The second-order valence-electron chi connectivity index (χ2n) is 4.56. The molecule has 10 heteroatoms. The molecule has 0 radical (unpaired) electrons. The molecule has 0 bridgehead atoms. The van der Waals surface area contributed by atoms with Gasteiger partial charge in [0.1, 0.15) is 11.4 Å². The Labute approximate surface area is 136 Å². The first-order valence-electron chi connectivity index (χ1n) is 6.21. The van der Waals surface area contributed by atoms with Crippen LogP contribution in [0, 0.1) is 0 Å². The monoisotopic (exact) mass is 368 g/mol. The van der Waals surface area contributed by atoms with Gasteiger partial charge in [-0.15, -0.1) is 0 Å². The van der Waals surface area contributed by atoms with Crippen molar-refractivity contribution in [3.63, 3.8) is 0 Å². The molecule has 128 valence electrons. The highest BCUT2D eigenvalue weighted by molar-refractivity contribution is 6.33. The van der Waals surface area contributed by atoms with Gasteiger partial charge in [0, 0.05) is 0 Å². The minimum atomic E-state index is -5.14. The fourth-order valence-electron chi connectivity index (χ4n) is 1.70. The van der Waals surface area contributed by atoms with E-state index in [9.17, 15) is 31.1 Å². The molecule has 1 aromatic carbocycles. The van der Waals surface area contributed by atoms with Crippen molar-refractivity contribution < 1.29 is 31.1 Å². The van der Waals surface area contributed by atoms with Crippen LogP contribution in [0.2, 0.25) is 5.02 Å². The van der Waals surface area contributed by atoms with E-state index in [1.807, 2.05) is 0 Å². The predicted octanol–water partition coefficient (Wildman–Crippen LogP) is 5.02. The lowest BCUT2D eigenvalue weighted by Gasteiger charge is -2.13. The molecule has 1 aromatic heterocycles. The normalized spacial score (nSPS) is 12.1. The third-order valence-corrected chi connectivity index (χ3v) is 3.13. The highest BCUT2D eigenvalue weighted by atomic mass is 35.5. The van der Waals surface area contributed by atoms with Crippen LogP contribution in [0.5, 0.6) is 0 Å². The number of nitrogens with zero attached hydrogens (tertiary/aromatic N) is 1. The smallest absolute Gasteiger partial charge is 0.319 e. The third-order valence-electron chi connectivity index (χ3n) is 2.80. The van der Waals surface area contributed by atoms with Crippen LogP contribution in [0.25, 0.3) is 0 Å². The van der Waals surface area contributed by atoms with E-state index >= 15 is 0 Å². The van der Waals surface area contributed by atoms with Crippen LogP contribution in [-0.4, -0.2) is 10.9 Å². The highest BCUT2D eigenvalue weighted by Crippen LogP contribution is 2.35. The van der Waals surface area contributed by atoms with E-state index in [0.29, 0.717) is 0 Å². The van der Waals surface area contributed by atoms with E-state index in [1.165, 1.54) is 24.3 Å². The number of hydrogen-bond donors (Lipinski definition) is 1. The summed E-state index contributed by atoms with van der Waals surface area (Å²) in [6.07, 6.45) is -10.2. The maximum Gasteiger partial charge on any atom is 0.433 e. The summed E-state index contributed by atoms with van der Waals surface area (Å²) in [5.41, 5.74) is -4.45. The first-order valence-corrected chi connectivity index (χ1v) is 6.58. The number of aromatic nitrogens is 1. The van der Waals surface area contributed by atoms with E-state index in [4.69, 9.17) is 11.6 Å². The summed E-state index contributed by atoms with van der Waals surface area (Å²) in [7, 11) is 0. The maximum atomic E-state index is 12.7. The van der Waals surface area contributed by atoms with Gasteiger partial charge in [-0.05, 0) is 24.3 Å². The lowest BCUT2D eigenvalue weighted by atomic mass is 10.1. The molecule has 0 saturated heterocycles. The van der Waals surface area contributed by atoms with Crippen molar-refractivity contribution in [2.24, 2.45) is 0 Å². The van der Waals surface area contributed by atoms with Crippen molar-refractivity contribution in [2.75, 3.05) is 5.32 Å². The highest BCUT2D eigenvalue weighted by Gasteiger charge is 2.38. The maximum absolute atomic E-state index is 12.7. The first-order chi connectivity index (χ1) is 11.0. The van der Waals surface area contributed by atoms with Gasteiger partial charge in [0.2, 0.25) is 0 Å². The van der Waals surface area contributed by atoms with Crippen molar-refractivity contribution in [3.8, 4) is 0 Å². The Kier molecular flexibility index (Phi) is 4.75. The number of hydrogen-bond acceptors (Lipinski definition) is 2. The molecule has 0 atom stereocenters. The van der Waals surface area contributed by atoms with E-state index < -0.39 is 35.2 Å². The van der Waals surface area contributed by atoms with E-state index in [1.54, 1.807) is 0 Å². The van der Waals surface area contributed by atoms with E-state index in [2.05, 4.69) is 10.3 Å². The number of carbonyl (C=O) groups is 1. The summed E-state index contributed by atoms with van der Waals surface area (Å²) >= 11 is 5.77. The van der Waals surface area contributed by atoms with Gasteiger partial charge < -0.3 is 5.32 Å². The van der Waals surface area contributed by atoms with Crippen molar-refractivity contribution in [2.45, 2.75) is 12.4 Å². The van der Waals surface area contributed by atoms with Gasteiger partial charge in [-0.1, -0.05) is 23.7 Å². The SMILES string of the molecule is O=C(Nc1ccccc1Cl)c1cc(C(F)(F)F)cc(C(F)(F)F)n1. The van der Waals surface area contributed by atoms with Gasteiger partial charge in [0.15, 0.2) is 0 Å². The molecular formula is C14H7ClF6N2O. The zero-order valence-corrected chi connectivity index (χ0v) is 12.2. The molecular weight excluding hydrogens is 362 g/mol. The zero-order valence-electron chi connectivity index (χ0n) is 11.5. The molecule has 2 aromatic rings. The number of benzene rings is 1. The van der Waals surface area contributed by atoms with Crippen molar-refractivity contribution in [1.82, 2.24) is 4.98 Å². The number of carbonyl (C=O) groups excluding carboxylic acids is 1. The van der Waals surface area contributed by atoms with Gasteiger partial charge in [0.25, 0.3) is 5.91 Å². The molecule has 1 N–H and O–H groups in total. The Morgan fingerprint density at radius 1 is 1.00 bits per heavy atom. The molecule has 0 aliphatic heterocycles. The fourth-order valence-corrected chi connectivity index (χ4v) is 1.89. The Balaban J connectivity index is 2.45. The van der Waals surface area contributed by atoms with Crippen LogP contribution in [0.3, 0.4) is 0 Å². The summed E-state index contributed by atoms with van der Waals surface area (Å²) in [5.74, 6) is -1.25.